The number of aromatic amines is 1. The van der Waals surface area contributed by atoms with Crippen molar-refractivity contribution in [3.63, 3.8) is 0 Å². The lowest BCUT2D eigenvalue weighted by molar-refractivity contribution is -0.384. The van der Waals surface area contributed by atoms with E-state index in [-0.39, 0.29) is 10.6 Å². The summed E-state index contributed by atoms with van der Waals surface area (Å²) in [5.74, 6) is 0. The topological polar surface area (TPSA) is 83.8 Å². The van der Waals surface area contributed by atoms with Gasteiger partial charge in [0.25, 0.3) is 5.69 Å². The zero-order chi connectivity index (χ0) is 14.0. The van der Waals surface area contributed by atoms with Gasteiger partial charge in [-0.3, -0.25) is 15.2 Å². The smallest absolute Gasteiger partial charge is 0.269 e. The Labute approximate surface area is 111 Å². The highest BCUT2D eigenvalue weighted by Gasteiger charge is 2.09. The van der Waals surface area contributed by atoms with Crippen molar-refractivity contribution in [1.29, 1.82) is 0 Å². The third-order valence-corrected chi connectivity index (χ3v) is 3.16. The molecule has 0 aliphatic rings. The number of aromatic nitrogens is 2. The lowest BCUT2D eigenvalue weighted by atomic mass is 10.1. The maximum absolute atomic E-state index is 10.7. The molecule has 0 bridgehead atoms. The van der Waals surface area contributed by atoms with Crippen molar-refractivity contribution in [2.75, 3.05) is 5.32 Å². The fourth-order valence-electron chi connectivity index (χ4n) is 1.98. The second-order valence-electron chi connectivity index (χ2n) is 4.52. The minimum absolute atomic E-state index is 0.110. The van der Waals surface area contributed by atoms with Crippen LogP contribution in [-0.2, 0) is 6.54 Å². The molecule has 6 heteroatoms. The molecule has 1 aromatic carbocycles. The number of H-pyrrole nitrogens is 1. The molecule has 6 nitrogen and oxygen atoms in total. The zero-order valence-corrected chi connectivity index (χ0v) is 11.2. The molecule has 0 aliphatic carbocycles. The number of nitro benzene ring substituents is 1. The maximum atomic E-state index is 10.7. The van der Waals surface area contributed by atoms with E-state index in [1.807, 2.05) is 20.8 Å². The summed E-state index contributed by atoms with van der Waals surface area (Å²) < 4.78 is 0. The van der Waals surface area contributed by atoms with E-state index in [4.69, 9.17) is 0 Å². The van der Waals surface area contributed by atoms with Gasteiger partial charge in [-0.1, -0.05) is 0 Å². The molecule has 0 unspecified atom stereocenters. The molecule has 0 saturated heterocycles. The lowest BCUT2D eigenvalue weighted by Crippen LogP contribution is -2.03. The summed E-state index contributed by atoms with van der Waals surface area (Å²) in [6.07, 6.45) is 0. The highest BCUT2D eigenvalue weighted by atomic mass is 16.6. The molecule has 0 radical (unpaired) electrons. The molecular formula is C13H16N4O2. The average Bonchev–Trinajstić information content (AvgIpc) is 2.68. The third-order valence-electron chi connectivity index (χ3n) is 3.16. The first kappa shape index (κ1) is 13.1. The van der Waals surface area contributed by atoms with Crippen molar-refractivity contribution in [1.82, 2.24) is 10.2 Å². The van der Waals surface area contributed by atoms with E-state index < -0.39 is 0 Å². The van der Waals surface area contributed by atoms with Gasteiger partial charge in [0.05, 0.1) is 10.6 Å². The first-order chi connectivity index (χ1) is 8.99. The lowest BCUT2D eigenvalue weighted by Gasteiger charge is -2.09. The summed E-state index contributed by atoms with van der Waals surface area (Å²) in [5, 5.41) is 21.0. The molecule has 1 aromatic heterocycles. The fraction of sp³-hybridized carbons (Fsp3) is 0.308. The number of anilines is 1. The van der Waals surface area contributed by atoms with E-state index in [9.17, 15) is 10.1 Å². The van der Waals surface area contributed by atoms with Crippen LogP contribution in [0.15, 0.2) is 18.2 Å². The molecule has 1 heterocycles. The average molecular weight is 260 g/mol. The molecule has 0 saturated carbocycles. The van der Waals surface area contributed by atoms with Crippen molar-refractivity contribution >= 4 is 11.4 Å². The Morgan fingerprint density at radius 3 is 2.63 bits per heavy atom. The van der Waals surface area contributed by atoms with Gasteiger partial charge in [0, 0.05) is 35.6 Å². The van der Waals surface area contributed by atoms with E-state index in [2.05, 4.69) is 15.5 Å². The van der Waals surface area contributed by atoms with Crippen LogP contribution in [0.3, 0.4) is 0 Å². The van der Waals surface area contributed by atoms with Gasteiger partial charge in [-0.25, -0.2) is 0 Å². The number of non-ortho nitro benzene ring substituents is 1. The van der Waals surface area contributed by atoms with Crippen molar-refractivity contribution < 1.29 is 4.92 Å². The maximum Gasteiger partial charge on any atom is 0.269 e. The number of rotatable bonds is 4. The molecule has 0 spiro atoms. The van der Waals surface area contributed by atoms with E-state index in [1.165, 1.54) is 6.07 Å². The van der Waals surface area contributed by atoms with E-state index >= 15 is 0 Å². The Balaban J connectivity index is 2.14. The van der Waals surface area contributed by atoms with Crippen LogP contribution in [0.1, 0.15) is 22.5 Å². The number of aryl methyl sites for hydroxylation is 3. The summed E-state index contributed by atoms with van der Waals surface area (Å²) >= 11 is 0. The largest absolute Gasteiger partial charge is 0.381 e. The Bertz CT molecular complexity index is 600. The molecule has 0 atom stereocenters. The van der Waals surface area contributed by atoms with Gasteiger partial charge in [-0.15, -0.1) is 0 Å². The molecule has 2 N–H and O–H groups in total. The Morgan fingerprint density at radius 2 is 2.11 bits per heavy atom. The third kappa shape index (κ3) is 2.73. The van der Waals surface area contributed by atoms with Crippen LogP contribution >= 0.6 is 0 Å². The van der Waals surface area contributed by atoms with Crippen LogP contribution in [0.5, 0.6) is 0 Å². The van der Waals surface area contributed by atoms with Gasteiger partial charge >= 0.3 is 0 Å². The monoisotopic (exact) mass is 260 g/mol. The molecule has 2 aromatic rings. The van der Waals surface area contributed by atoms with Crippen LogP contribution in [0, 0.1) is 30.9 Å². The number of hydrogen-bond donors (Lipinski definition) is 2. The number of hydrogen-bond acceptors (Lipinski definition) is 4. The van der Waals surface area contributed by atoms with Crippen molar-refractivity contribution in [2.24, 2.45) is 0 Å². The van der Waals surface area contributed by atoms with Gasteiger partial charge in [0.15, 0.2) is 0 Å². The van der Waals surface area contributed by atoms with E-state index in [0.29, 0.717) is 6.54 Å². The first-order valence-electron chi connectivity index (χ1n) is 5.98. The van der Waals surface area contributed by atoms with Crippen molar-refractivity contribution in [2.45, 2.75) is 27.3 Å². The number of nitrogens with one attached hydrogen (secondary N) is 2. The highest BCUT2D eigenvalue weighted by molar-refractivity contribution is 5.55. The Morgan fingerprint density at radius 1 is 1.37 bits per heavy atom. The van der Waals surface area contributed by atoms with Crippen LogP contribution in [-0.4, -0.2) is 15.1 Å². The number of nitrogens with zero attached hydrogens (tertiary/aromatic N) is 2. The fourth-order valence-corrected chi connectivity index (χ4v) is 1.98. The highest BCUT2D eigenvalue weighted by Crippen LogP contribution is 2.22. The van der Waals surface area contributed by atoms with E-state index in [0.717, 1.165) is 28.2 Å². The minimum atomic E-state index is -0.388. The Kier molecular flexibility index (Phi) is 3.50. The summed E-state index contributed by atoms with van der Waals surface area (Å²) in [5.41, 5.74) is 4.98. The summed E-state index contributed by atoms with van der Waals surface area (Å²) in [6, 6.07) is 4.81. The Hall–Kier alpha value is -2.37. The van der Waals surface area contributed by atoms with E-state index in [1.54, 1.807) is 12.1 Å². The van der Waals surface area contributed by atoms with Gasteiger partial charge in [0.1, 0.15) is 0 Å². The standard InChI is InChI=1S/C13H16N4O2/c1-8-6-11(17(18)19)4-5-13(8)14-7-12-9(2)15-16-10(12)3/h4-6,14H,7H2,1-3H3,(H,15,16). The predicted octanol–water partition coefficient (Wildman–Crippen LogP) is 2.86. The molecule has 0 fully saturated rings. The van der Waals surface area contributed by atoms with Crippen LogP contribution < -0.4 is 5.32 Å². The first-order valence-corrected chi connectivity index (χ1v) is 5.98. The molecule has 0 aliphatic heterocycles. The van der Waals surface area contributed by atoms with Gasteiger partial charge in [0.2, 0.25) is 0 Å². The van der Waals surface area contributed by atoms with Crippen LogP contribution in [0.4, 0.5) is 11.4 Å². The SMILES string of the molecule is Cc1cc([N+](=O)[O-])ccc1NCc1c(C)n[nH]c1C. The van der Waals surface area contributed by atoms with Crippen LogP contribution in [0.2, 0.25) is 0 Å². The van der Waals surface area contributed by atoms with Gasteiger partial charge in [-0.2, -0.15) is 5.10 Å². The van der Waals surface area contributed by atoms with Crippen molar-refractivity contribution in [3.05, 3.63) is 50.8 Å². The van der Waals surface area contributed by atoms with Gasteiger partial charge in [-0.05, 0) is 32.4 Å². The normalized spacial score (nSPS) is 10.5. The van der Waals surface area contributed by atoms with Crippen LogP contribution in [0.25, 0.3) is 0 Å². The summed E-state index contributed by atoms with van der Waals surface area (Å²) in [7, 11) is 0. The quantitative estimate of drug-likeness (QED) is 0.654. The summed E-state index contributed by atoms with van der Waals surface area (Å²) in [6.45, 7) is 6.42. The van der Waals surface area contributed by atoms with Gasteiger partial charge < -0.3 is 5.32 Å². The zero-order valence-electron chi connectivity index (χ0n) is 11.2. The predicted molar refractivity (Wildman–Crippen MR) is 73.2 cm³/mol. The second-order valence-corrected chi connectivity index (χ2v) is 4.52. The molecule has 100 valence electrons. The molecule has 19 heavy (non-hydrogen) atoms. The minimum Gasteiger partial charge on any atom is -0.381 e. The number of nitro groups is 1. The summed E-state index contributed by atoms with van der Waals surface area (Å²) in [4.78, 5) is 10.3. The second kappa shape index (κ2) is 5.09. The molecule has 2 rings (SSSR count). The van der Waals surface area contributed by atoms with Crippen molar-refractivity contribution in [3.8, 4) is 0 Å². The number of benzene rings is 1. The molecule has 0 amide bonds. The molecular weight excluding hydrogens is 244 g/mol.